The van der Waals surface area contributed by atoms with Crippen LogP contribution in [-0.2, 0) is 6.42 Å². The SMILES string of the molecule is Cc1ccc(C)c(CCNCC(F)(F)F)c1. The molecular formula is C12H16F3N. The lowest BCUT2D eigenvalue weighted by Gasteiger charge is -2.10. The van der Waals surface area contributed by atoms with Gasteiger partial charge in [0.2, 0.25) is 0 Å². The molecule has 0 radical (unpaired) electrons. The summed E-state index contributed by atoms with van der Waals surface area (Å²) in [5.74, 6) is 0. The third kappa shape index (κ3) is 4.66. The van der Waals surface area contributed by atoms with E-state index in [1.54, 1.807) is 0 Å². The molecule has 1 nitrogen and oxygen atoms in total. The molecular weight excluding hydrogens is 215 g/mol. The summed E-state index contributed by atoms with van der Waals surface area (Å²) in [6.07, 6.45) is -3.49. The minimum absolute atomic E-state index is 0.351. The lowest BCUT2D eigenvalue weighted by atomic mass is 10.0. The van der Waals surface area contributed by atoms with Gasteiger partial charge in [-0.25, -0.2) is 0 Å². The van der Waals surface area contributed by atoms with Crippen LogP contribution in [0.4, 0.5) is 13.2 Å². The first-order chi connectivity index (χ1) is 7.38. The van der Waals surface area contributed by atoms with Gasteiger partial charge >= 0.3 is 6.18 Å². The molecule has 1 aromatic rings. The molecule has 0 amide bonds. The molecule has 1 rings (SSSR count). The highest BCUT2D eigenvalue weighted by molar-refractivity contribution is 5.30. The van der Waals surface area contributed by atoms with Crippen LogP contribution in [-0.4, -0.2) is 19.3 Å². The van der Waals surface area contributed by atoms with Crippen LogP contribution in [0.5, 0.6) is 0 Å². The van der Waals surface area contributed by atoms with E-state index in [0.717, 1.165) is 16.7 Å². The highest BCUT2D eigenvalue weighted by Crippen LogP contribution is 2.13. The van der Waals surface area contributed by atoms with Crippen molar-refractivity contribution in [1.29, 1.82) is 0 Å². The third-order valence-corrected chi connectivity index (χ3v) is 2.40. The number of halogens is 3. The summed E-state index contributed by atoms with van der Waals surface area (Å²) >= 11 is 0. The van der Waals surface area contributed by atoms with Crippen molar-refractivity contribution in [2.45, 2.75) is 26.4 Å². The van der Waals surface area contributed by atoms with Crippen LogP contribution in [0.25, 0.3) is 0 Å². The van der Waals surface area contributed by atoms with Crippen LogP contribution in [0, 0.1) is 13.8 Å². The molecule has 1 N–H and O–H groups in total. The van der Waals surface area contributed by atoms with Gasteiger partial charge in [-0.05, 0) is 37.9 Å². The standard InChI is InChI=1S/C12H16F3N/c1-9-3-4-10(2)11(7-9)5-6-16-8-12(13,14)15/h3-4,7,16H,5-6,8H2,1-2H3. The average molecular weight is 231 g/mol. The fourth-order valence-electron chi connectivity index (χ4n) is 1.52. The second-order valence-electron chi connectivity index (χ2n) is 3.97. The Bertz CT molecular complexity index is 345. The van der Waals surface area contributed by atoms with Crippen molar-refractivity contribution in [1.82, 2.24) is 5.32 Å². The Labute approximate surface area is 93.7 Å². The Morgan fingerprint density at radius 1 is 1.19 bits per heavy atom. The summed E-state index contributed by atoms with van der Waals surface area (Å²) < 4.78 is 35.6. The van der Waals surface area contributed by atoms with Crippen molar-refractivity contribution in [3.05, 3.63) is 34.9 Å². The van der Waals surface area contributed by atoms with E-state index in [1.807, 2.05) is 32.0 Å². The second kappa shape index (κ2) is 5.34. The van der Waals surface area contributed by atoms with E-state index in [1.165, 1.54) is 0 Å². The van der Waals surface area contributed by atoms with Gasteiger partial charge < -0.3 is 5.32 Å². The minimum Gasteiger partial charge on any atom is -0.308 e. The van der Waals surface area contributed by atoms with E-state index in [2.05, 4.69) is 5.32 Å². The number of hydrogen-bond acceptors (Lipinski definition) is 1. The molecule has 0 saturated heterocycles. The summed E-state index contributed by atoms with van der Waals surface area (Å²) in [6, 6.07) is 6.01. The average Bonchev–Trinajstić information content (AvgIpc) is 2.16. The fraction of sp³-hybridized carbons (Fsp3) is 0.500. The van der Waals surface area contributed by atoms with Crippen molar-refractivity contribution in [2.75, 3.05) is 13.1 Å². The maximum atomic E-state index is 11.9. The van der Waals surface area contributed by atoms with Gasteiger partial charge in [0, 0.05) is 0 Å². The topological polar surface area (TPSA) is 12.0 Å². The molecule has 0 aliphatic rings. The quantitative estimate of drug-likeness (QED) is 0.785. The van der Waals surface area contributed by atoms with Gasteiger partial charge in [-0.3, -0.25) is 0 Å². The van der Waals surface area contributed by atoms with Gasteiger partial charge in [0.05, 0.1) is 6.54 Å². The molecule has 0 heterocycles. The van der Waals surface area contributed by atoms with Gasteiger partial charge in [0.1, 0.15) is 0 Å². The first-order valence-electron chi connectivity index (χ1n) is 5.22. The van der Waals surface area contributed by atoms with Gasteiger partial charge in [0.25, 0.3) is 0 Å². The van der Waals surface area contributed by atoms with Gasteiger partial charge in [-0.1, -0.05) is 23.8 Å². The van der Waals surface area contributed by atoms with Gasteiger partial charge in [-0.2, -0.15) is 13.2 Å². The van der Waals surface area contributed by atoms with Gasteiger partial charge in [-0.15, -0.1) is 0 Å². The molecule has 0 fully saturated rings. The van der Waals surface area contributed by atoms with E-state index < -0.39 is 12.7 Å². The maximum Gasteiger partial charge on any atom is 0.401 e. The molecule has 0 bridgehead atoms. The zero-order valence-corrected chi connectivity index (χ0v) is 9.49. The molecule has 1 aromatic carbocycles. The highest BCUT2D eigenvalue weighted by atomic mass is 19.4. The van der Waals surface area contributed by atoms with Crippen LogP contribution >= 0.6 is 0 Å². The Hall–Kier alpha value is -1.03. The number of nitrogens with one attached hydrogen (secondary N) is 1. The number of benzene rings is 1. The molecule has 0 spiro atoms. The predicted octanol–water partition coefficient (Wildman–Crippen LogP) is 3.00. The van der Waals surface area contributed by atoms with E-state index in [-0.39, 0.29) is 0 Å². The smallest absolute Gasteiger partial charge is 0.308 e. The van der Waals surface area contributed by atoms with Crippen LogP contribution in [0.1, 0.15) is 16.7 Å². The molecule has 0 aliphatic heterocycles. The zero-order chi connectivity index (χ0) is 12.2. The molecule has 90 valence electrons. The fourth-order valence-corrected chi connectivity index (χ4v) is 1.52. The van der Waals surface area contributed by atoms with E-state index in [0.29, 0.717) is 13.0 Å². The van der Waals surface area contributed by atoms with Crippen molar-refractivity contribution < 1.29 is 13.2 Å². The predicted molar refractivity (Wildman–Crippen MR) is 58.5 cm³/mol. The summed E-state index contributed by atoms with van der Waals surface area (Å²) in [4.78, 5) is 0. The van der Waals surface area contributed by atoms with Crippen LogP contribution < -0.4 is 5.32 Å². The molecule has 0 unspecified atom stereocenters. The lowest BCUT2D eigenvalue weighted by molar-refractivity contribution is -0.124. The number of rotatable bonds is 4. The van der Waals surface area contributed by atoms with Gasteiger partial charge in [0.15, 0.2) is 0 Å². The largest absolute Gasteiger partial charge is 0.401 e. The van der Waals surface area contributed by atoms with Crippen LogP contribution in [0.15, 0.2) is 18.2 Å². The highest BCUT2D eigenvalue weighted by Gasteiger charge is 2.25. The van der Waals surface area contributed by atoms with Crippen LogP contribution in [0.3, 0.4) is 0 Å². The van der Waals surface area contributed by atoms with Crippen molar-refractivity contribution in [2.24, 2.45) is 0 Å². The first kappa shape index (κ1) is 13.0. The maximum absolute atomic E-state index is 11.9. The Morgan fingerprint density at radius 2 is 1.88 bits per heavy atom. The summed E-state index contributed by atoms with van der Waals surface area (Å²) in [7, 11) is 0. The molecule has 0 saturated carbocycles. The first-order valence-corrected chi connectivity index (χ1v) is 5.22. The minimum atomic E-state index is -4.12. The molecule has 0 atom stereocenters. The van der Waals surface area contributed by atoms with Crippen LogP contribution in [0.2, 0.25) is 0 Å². The van der Waals surface area contributed by atoms with Crippen molar-refractivity contribution in [3.8, 4) is 0 Å². The number of aryl methyl sites for hydroxylation is 2. The molecule has 16 heavy (non-hydrogen) atoms. The summed E-state index contributed by atoms with van der Waals surface area (Å²) in [5, 5.41) is 2.40. The third-order valence-electron chi connectivity index (χ3n) is 2.40. The van der Waals surface area contributed by atoms with E-state index in [4.69, 9.17) is 0 Å². The van der Waals surface area contributed by atoms with E-state index in [9.17, 15) is 13.2 Å². The summed E-state index contributed by atoms with van der Waals surface area (Å²) in [6.45, 7) is 3.38. The van der Waals surface area contributed by atoms with Crippen molar-refractivity contribution in [3.63, 3.8) is 0 Å². The monoisotopic (exact) mass is 231 g/mol. The Balaban J connectivity index is 2.40. The Morgan fingerprint density at radius 3 is 2.50 bits per heavy atom. The summed E-state index contributed by atoms with van der Waals surface area (Å²) in [5.41, 5.74) is 3.37. The molecule has 0 aliphatic carbocycles. The second-order valence-corrected chi connectivity index (χ2v) is 3.97. The molecule has 0 aromatic heterocycles. The van der Waals surface area contributed by atoms with E-state index >= 15 is 0 Å². The molecule has 4 heteroatoms. The Kier molecular flexibility index (Phi) is 4.35. The zero-order valence-electron chi connectivity index (χ0n) is 9.49. The number of alkyl halides is 3. The normalized spacial score (nSPS) is 11.8. The number of hydrogen-bond donors (Lipinski definition) is 1. The lowest BCUT2D eigenvalue weighted by Crippen LogP contribution is -2.30. The van der Waals surface area contributed by atoms with Crippen molar-refractivity contribution >= 4 is 0 Å².